The van der Waals surface area contributed by atoms with E-state index in [2.05, 4.69) is 34.9 Å². The topological polar surface area (TPSA) is 78.4 Å². The summed E-state index contributed by atoms with van der Waals surface area (Å²) >= 11 is 0. The van der Waals surface area contributed by atoms with Gasteiger partial charge >= 0.3 is 5.97 Å². The summed E-state index contributed by atoms with van der Waals surface area (Å²) in [5.41, 5.74) is 4.41. The van der Waals surface area contributed by atoms with Crippen molar-refractivity contribution in [3.63, 3.8) is 0 Å². The molecule has 1 amide bonds. The second kappa shape index (κ2) is 9.47. The number of rotatable bonds is 6. The molecule has 31 heavy (non-hydrogen) atoms. The molecule has 0 bridgehead atoms. The lowest BCUT2D eigenvalue weighted by molar-refractivity contribution is 0.0696. The van der Waals surface area contributed by atoms with Crippen LogP contribution in [0.4, 0.5) is 17.1 Å². The summed E-state index contributed by atoms with van der Waals surface area (Å²) in [6.45, 7) is 0. The fraction of sp³-hybridized carbons (Fsp3) is 0.231. The van der Waals surface area contributed by atoms with Crippen LogP contribution in [0.15, 0.2) is 72.8 Å². The van der Waals surface area contributed by atoms with E-state index in [1.807, 2.05) is 12.1 Å². The van der Waals surface area contributed by atoms with Crippen LogP contribution in [-0.2, 0) is 0 Å². The number of aromatic carboxylic acids is 1. The Hall–Kier alpha value is -3.60. The molecule has 0 aliphatic heterocycles. The van der Waals surface area contributed by atoms with Gasteiger partial charge in [-0.2, -0.15) is 0 Å². The molecule has 5 heteroatoms. The van der Waals surface area contributed by atoms with E-state index >= 15 is 0 Å². The molecule has 4 rings (SSSR count). The van der Waals surface area contributed by atoms with Gasteiger partial charge in [-0.15, -0.1) is 0 Å². The Balaban J connectivity index is 1.37. The van der Waals surface area contributed by atoms with Crippen molar-refractivity contribution in [2.75, 3.05) is 10.6 Å². The van der Waals surface area contributed by atoms with E-state index < -0.39 is 5.97 Å². The second-order valence-corrected chi connectivity index (χ2v) is 8.00. The number of carboxylic acids is 1. The first kappa shape index (κ1) is 20.7. The van der Waals surface area contributed by atoms with Gasteiger partial charge in [0.2, 0.25) is 0 Å². The minimum Gasteiger partial charge on any atom is -0.478 e. The highest BCUT2D eigenvalue weighted by molar-refractivity contribution is 6.05. The molecule has 0 radical (unpaired) electrons. The van der Waals surface area contributed by atoms with Gasteiger partial charge in [-0.1, -0.05) is 37.5 Å². The predicted octanol–water partition coefficient (Wildman–Crippen LogP) is 6.43. The van der Waals surface area contributed by atoms with Crippen LogP contribution >= 0.6 is 0 Å². The van der Waals surface area contributed by atoms with E-state index in [1.54, 1.807) is 24.3 Å². The molecule has 3 aromatic rings. The lowest BCUT2D eigenvalue weighted by atomic mass is 9.84. The number of amides is 1. The van der Waals surface area contributed by atoms with Crippen molar-refractivity contribution in [2.24, 2.45) is 0 Å². The normalized spacial score (nSPS) is 14.1. The molecule has 0 atom stereocenters. The smallest absolute Gasteiger partial charge is 0.335 e. The maximum atomic E-state index is 12.5. The Morgan fingerprint density at radius 2 is 1.39 bits per heavy atom. The molecule has 0 aromatic heterocycles. The van der Waals surface area contributed by atoms with Crippen molar-refractivity contribution in [1.82, 2.24) is 0 Å². The molecule has 1 saturated carbocycles. The highest BCUT2D eigenvalue weighted by Gasteiger charge is 2.15. The molecule has 0 saturated heterocycles. The van der Waals surface area contributed by atoms with Crippen molar-refractivity contribution in [3.05, 3.63) is 89.5 Å². The van der Waals surface area contributed by atoms with Gasteiger partial charge in [0.05, 0.1) is 5.56 Å². The minimum absolute atomic E-state index is 0.131. The van der Waals surface area contributed by atoms with E-state index in [0.29, 0.717) is 17.2 Å². The maximum Gasteiger partial charge on any atom is 0.335 e. The molecular weight excluding hydrogens is 388 g/mol. The number of anilines is 3. The maximum absolute atomic E-state index is 12.5. The van der Waals surface area contributed by atoms with Crippen molar-refractivity contribution < 1.29 is 14.7 Å². The molecule has 0 heterocycles. The van der Waals surface area contributed by atoms with E-state index in [-0.39, 0.29) is 11.5 Å². The minimum atomic E-state index is -1.03. The monoisotopic (exact) mass is 414 g/mol. The molecule has 0 spiro atoms. The van der Waals surface area contributed by atoms with E-state index in [4.69, 9.17) is 5.11 Å². The molecule has 1 aliphatic carbocycles. The van der Waals surface area contributed by atoms with Gasteiger partial charge in [0.1, 0.15) is 0 Å². The van der Waals surface area contributed by atoms with Gasteiger partial charge < -0.3 is 15.7 Å². The number of nitrogens with one attached hydrogen (secondary N) is 2. The average Bonchev–Trinajstić information content (AvgIpc) is 2.81. The fourth-order valence-electron chi connectivity index (χ4n) is 4.08. The predicted molar refractivity (Wildman–Crippen MR) is 123 cm³/mol. The zero-order valence-electron chi connectivity index (χ0n) is 17.3. The third kappa shape index (κ3) is 5.31. The van der Waals surface area contributed by atoms with Crippen LogP contribution in [0.1, 0.15) is 64.3 Å². The van der Waals surface area contributed by atoms with Crippen LogP contribution < -0.4 is 10.6 Å². The van der Waals surface area contributed by atoms with Gasteiger partial charge in [-0.25, -0.2) is 4.79 Å². The highest BCUT2D eigenvalue weighted by atomic mass is 16.4. The van der Waals surface area contributed by atoms with Crippen LogP contribution in [0, 0.1) is 0 Å². The van der Waals surface area contributed by atoms with E-state index in [0.717, 1.165) is 11.4 Å². The summed E-state index contributed by atoms with van der Waals surface area (Å²) in [4.78, 5) is 23.5. The van der Waals surface area contributed by atoms with Gasteiger partial charge in [-0.3, -0.25) is 4.79 Å². The SMILES string of the molecule is O=C(O)c1cccc(NC(=O)c2ccc(Nc3ccc(C4CCCCC4)cc3)cc2)c1. The van der Waals surface area contributed by atoms with Crippen LogP contribution in [-0.4, -0.2) is 17.0 Å². The Kier molecular flexibility index (Phi) is 6.32. The standard InChI is InChI=1S/C26H26N2O3/c29-25(28-24-8-4-7-21(17-24)26(30)31)20-11-15-23(16-12-20)27-22-13-9-19(10-14-22)18-5-2-1-3-6-18/h4,7-18,27H,1-3,5-6H2,(H,28,29)(H,30,31). The first-order chi connectivity index (χ1) is 15.1. The molecule has 5 nitrogen and oxygen atoms in total. The summed E-state index contributed by atoms with van der Waals surface area (Å²) in [7, 11) is 0. The summed E-state index contributed by atoms with van der Waals surface area (Å²) in [5, 5.41) is 15.2. The largest absolute Gasteiger partial charge is 0.478 e. The first-order valence-corrected chi connectivity index (χ1v) is 10.7. The van der Waals surface area contributed by atoms with Crippen LogP contribution in [0.5, 0.6) is 0 Å². The second-order valence-electron chi connectivity index (χ2n) is 8.00. The molecule has 3 N–H and O–H groups in total. The van der Waals surface area contributed by atoms with E-state index in [1.165, 1.54) is 49.8 Å². The zero-order chi connectivity index (χ0) is 21.6. The van der Waals surface area contributed by atoms with Gasteiger partial charge in [0.25, 0.3) is 5.91 Å². The van der Waals surface area contributed by atoms with Crippen molar-refractivity contribution in [3.8, 4) is 0 Å². The number of hydrogen-bond acceptors (Lipinski definition) is 3. The zero-order valence-corrected chi connectivity index (χ0v) is 17.3. The highest BCUT2D eigenvalue weighted by Crippen LogP contribution is 2.33. The van der Waals surface area contributed by atoms with E-state index in [9.17, 15) is 9.59 Å². The third-order valence-corrected chi connectivity index (χ3v) is 5.79. The van der Waals surface area contributed by atoms with Crippen molar-refractivity contribution in [1.29, 1.82) is 0 Å². The molecular formula is C26H26N2O3. The van der Waals surface area contributed by atoms with Crippen LogP contribution in [0.3, 0.4) is 0 Å². The summed E-state index contributed by atoms with van der Waals surface area (Å²) in [6, 6.07) is 22.0. The fourth-order valence-corrected chi connectivity index (χ4v) is 4.08. The van der Waals surface area contributed by atoms with Crippen LogP contribution in [0.2, 0.25) is 0 Å². The molecule has 1 aliphatic rings. The van der Waals surface area contributed by atoms with Gasteiger partial charge in [0, 0.05) is 22.6 Å². The molecule has 3 aromatic carbocycles. The number of hydrogen-bond donors (Lipinski definition) is 3. The Labute approximate surface area is 182 Å². The lowest BCUT2D eigenvalue weighted by Crippen LogP contribution is -2.12. The third-order valence-electron chi connectivity index (χ3n) is 5.79. The number of carbonyl (C=O) groups excluding carboxylic acids is 1. The summed E-state index contributed by atoms with van der Waals surface area (Å²) < 4.78 is 0. The summed E-state index contributed by atoms with van der Waals surface area (Å²) in [6.07, 6.45) is 6.60. The molecule has 158 valence electrons. The van der Waals surface area contributed by atoms with Crippen molar-refractivity contribution in [2.45, 2.75) is 38.0 Å². The van der Waals surface area contributed by atoms with Gasteiger partial charge in [0.15, 0.2) is 0 Å². The Bertz CT molecular complexity index is 1050. The Morgan fingerprint density at radius 1 is 0.742 bits per heavy atom. The quantitative estimate of drug-likeness (QED) is 0.434. The number of carbonyl (C=O) groups is 2. The Morgan fingerprint density at radius 3 is 2.03 bits per heavy atom. The van der Waals surface area contributed by atoms with Gasteiger partial charge in [-0.05, 0) is 78.9 Å². The first-order valence-electron chi connectivity index (χ1n) is 10.7. The molecule has 1 fully saturated rings. The lowest BCUT2D eigenvalue weighted by Gasteiger charge is -2.22. The number of benzene rings is 3. The van der Waals surface area contributed by atoms with Crippen molar-refractivity contribution >= 4 is 28.9 Å². The summed E-state index contributed by atoms with van der Waals surface area (Å²) in [5.74, 6) is -0.624. The molecule has 0 unspecified atom stereocenters. The number of carboxylic acid groups (broad SMARTS) is 1. The van der Waals surface area contributed by atoms with Crippen LogP contribution in [0.25, 0.3) is 0 Å². The average molecular weight is 415 g/mol.